The molecule has 7 nitrogen and oxygen atoms in total. The molecular weight excluding hydrogens is 274 g/mol. The standard InChI is InChI=1S/C14H19N3O4/c1-8-5-15-11(21-8)6-16-14(20)17-7-9-3-2-4-10(9)12(17)13(18)19/h5,9-10,12H,2-4,6-7H2,1H3,(H,16,20)(H,18,19). The van der Waals surface area contributed by atoms with Crippen LogP contribution in [-0.2, 0) is 11.3 Å². The molecule has 0 aromatic carbocycles. The Hall–Kier alpha value is -2.05. The second-order valence-corrected chi connectivity index (χ2v) is 5.81. The first-order valence-electron chi connectivity index (χ1n) is 7.25. The monoisotopic (exact) mass is 293 g/mol. The number of carbonyl (C=O) groups excluding carboxylic acids is 1. The molecule has 1 aliphatic heterocycles. The highest BCUT2D eigenvalue weighted by molar-refractivity contribution is 5.83. The van der Waals surface area contributed by atoms with Crippen molar-refractivity contribution in [3.8, 4) is 0 Å². The second kappa shape index (κ2) is 5.38. The lowest BCUT2D eigenvalue weighted by atomic mass is 9.94. The Morgan fingerprint density at radius 1 is 1.52 bits per heavy atom. The Bertz CT molecular complexity index is 556. The van der Waals surface area contributed by atoms with E-state index in [0.717, 1.165) is 19.3 Å². The van der Waals surface area contributed by atoms with Gasteiger partial charge in [0, 0.05) is 6.54 Å². The van der Waals surface area contributed by atoms with Crippen LogP contribution in [-0.4, -0.2) is 39.6 Å². The number of rotatable bonds is 3. The zero-order valence-electron chi connectivity index (χ0n) is 11.9. The maximum absolute atomic E-state index is 12.3. The number of carbonyl (C=O) groups is 2. The number of nitrogens with one attached hydrogen (secondary N) is 1. The van der Waals surface area contributed by atoms with E-state index in [2.05, 4.69) is 10.3 Å². The Labute approximate surface area is 122 Å². The zero-order chi connectivity index (χ0) is 15.0. The van der Waals surface area contributed by atoms with Crippen LogP contribution < -0.4 is 5.32 Å². The fraction of sp³-hybridized carbons (Fsp3) is 0.643. The summed E-state index contributed by atoms with van der Waals surface area (Å²) < 4.78 is 5.28. The largest absolute Gasteiger partial charge is 0.480 e. The molecule has 2 amide bonds. The number of fused-ring (bicyclic) bond motifs is 1. The first kappa shape index (κ1) is 13.9. The van der Waals surface area contributed by atoms with E-state index in [1.165, 1.54) is 4.90 Å². The van der Waals surface area contributed by atoms with Crippen molar-refractivity contribution in [2.45, 2.75) is 38.8 Å². The number of oxazole rings is 1. The number of nitrogens with zero attached hydrogens (tertiary/aromatic N) is 2. The van der Waals surface area contributed by atoms with Gasteiger partial charge in [-0.1, -0.05) is 6.42 Å². The maximum Gasteiger partial charge on any atom is 0.326 e. The summed E-state index contributed by atoms with van der Waals surface area (Å²) >= 11 is 0. The molecular formula is C14H19N3O4. The summed E-state index contributed by atoms with van der Waals surface area (Å²) in [5, 5.41) is 12.1. The minimum Gasteiger partial charge on any atom is -0.480 e. The molecule has 0 spiro atoms. The summed E-state index contributed by atoms with van der Waals surface area (Å²) in [6.45, 7) is 2.48. The molecule has 3 atom stereocenters. The molecule has 2 fully saturated rings. The third kappa shape index (κ3) is 2.59. The number of carboxylic acid groups (broad SMARTS) is 1. The lowest BCUT2D eigenvalue weighted by Crippen LogP contribution is -2.47. The number of aliphatic carboxylic acids is 1. The van der Waals surface area contributed by atoms with Gasteiger partial charge in [0.25, 0.3) is 0 Å². The van der Waals surface area contributed by atoms with E-state index in [1.54, 1.807) is 13.1 Å². The van der Waals surface area contributed by atoms with Crippen molar-refractivity contribution < 1.29 is 19.1 Å². The van der Waals surface area contributed by atoms with E-state index in [-0.39, 0.29) is 18.5 Å². The molecule has 0 bridgehead atoms. The lowest BCUT2D eigenvalue weighted by molar-refractivity contribution is -0.142. The van der Waals surface area contributed by atoms with Gasteiger partial charge >= 0.3 is 12.0 Å². The fourth-order valence-corrected chi connectivity index (χ4v) is 3.57. The van der Waals surface area contributed by atoms with Gasteiger partial charge in [-0.2, -0.15) is 0 Å². The van der Waals surface area contributed by atoms with Gasteiger partial charge in [0.1, 0.15) is 11.8 Å². The van der Waals surface area contributed by atoms with E-state index >= 15 is 0 Å². The van der Waals surface area contributed by atoms with Crippen LogP contribution in [0.25, 0.3) is 0 Å². The molecule has 1 aromatic heterocycles. The van der Waals surface area contributed by atoms with Gasteiger partial charge in [0.2, 0.25) is 5.89 Å². The van der Waals surface area contributed by atoms with Crippen molar-refractivity contribution in [1.29, 1.82) is 0 Å². The highest BCUT2D eigenvalue weighted by Crippen LogP contribution is 2.42. The molecule has 0 radical (unpaired) electrons. The van der Waals surface area contributed by atoms with Crippen LogP contribution in [0.5, 0.6) is 0 Å². The Morgan fingerprint density at radius 2 is 2.33 bits per heavy atom. The van der Waals surface area contributed by atoms with E-state index in [9.17, 15) is 14.7 Å². The summed E-state index contributed by atoms with van der Waals surface area (Å²) in [6, 6.07) is -1.06. The summed E-state index contributed by atoms with van der Waals surface area (Å²) in [6.07, 6.45) is 4.55. The predicted molar refractivity (Wildman–Crippen MR) is 72.4 cm³/mol. The molecule has 1 aliphatic carbocycles. The Balaban J connectivity index is 1.64. The SMILES string of the molecule is Cc1cnc(CNC(=O)N2CC3CCCC3C2C(=O)O)o1. The number of amides is 2. The van der Waals surface area contributed by atoms with Crippen LogP contribution in [0.15, 0.2) is 10.6 Å². The third-order valence-corrected chi connectivity index (χ3v) is 4.46. The normalized spacial score (nSPS) is 27.7. The zero-order valence-corrected chi connectivity index (χ0v) is 11.9. The molecule has 3 rings (SSSR count). The summed E-state index contributed by atoms with van der Waals surface area (Å²) in [7, 11) is 0. The van der Waals surface area contributed by atoms with Gasteiger partial charge in [0.05, 0.1) is 12.7 Å². The summed E-state index contributed by atoms with van der Waals surface area (Å²) in [5.74, 6) is 0.607. The smallest absolute Gasteiger partial charge is 0.326 e. The van der Waals surface area contributed by atoms with Gasteiger partial charge in [-0.15, -0.1) is 0 Å². The van der Waals surface area contributed by atoms with Gasteiger partial charge in [0.15, 0.2) is 0 Å². The van der Waals surface area contributed by atoms with E-state index in [4.69, 9.17) is 4.42 Å². The topological polar surface area (TPSA) is 95.7 Å². The molecule has 3 unspecified atom stereocenters. The van der Waals surface area contributed by atoms with Crippen molar-refractivity contribution in [1.82, 2.24) is 15.2 Å². The quantitative estimate of drug-likeness (QED) is 0.877. The van der Waals surface area contributed by atoms with Gasteiger partial charge in [-0.3, -0.25) is 0 Å². The van der Waals surface area contributed by atoms with E-state index in [0.29, 0.717) is 24.1 Å². The van der Waals surface area contributed by atoms with Crippen LogP contribution >= 0.6 is 0 Å². The summed E-state index contributed by atoms with van der Waals surface area (Å²) in [4.78, 5) is 29.2. The maximum atomic E-state index is 12.3. The van der Waals surface area contributed by atoms with Crippen molar-refractivity contribution in [3.05, 3.63) is 17.8 Å². The van der Waals surface area contributed by atoms with Crippen LogP contribution in [0.4, 0.5) is 4.79 Å². The van der Waals surface area contributed by atoms with Crippen molar-refractivity contribution >= 4 is 12.0 Å². The summed E-state index contributed by atoms with van der Waals surface area (Å²) in [5.41, 5.74) is 0. The number of likely N-dealkylation sites (tertiary alicyclic amines) is 1. The molecule has 1 saturated heterocycles. The number of hydrogen-bond donors (Lipinski definition) is 2. The second-order valence-electron chi connectivity index (χ2n) is 5.81. The average molecular weight is 293 g/mol. The molecule has 2 heterocycles. The predicted octanol–water partition coefficient (Wildman–Crippen LogP) is 1.38. The lowest BCUT2D eigenvalue weighted by Gasteiger charge is -2.24. The van der Waals surface area contributed by atoms with Crippen LogP contribution in [0.3, 0.4) is 0 Å². The molecule has 21 heavy (non-hydrogen) atoms. The minimum absolute atomic E-state index is 0.0947. The molecule has 7 heteroatoms. The molecule has 114 valence electrons. The minimum atomic E-state index is -0.911. The van der Waals surface area contributed by atoms with Crippen molar-refractivity contribution in [2.75, 3.05) is 6.54 Å². The number of carboxylic acids is 1. The van der Waals surface area contributed by atoms with Crippen LogP contribution in [0.1, 0.15) is 30.9 Å². The highest BCUT2D eigenvalue weighted by atomic mass is 16.4. The number of aryl methyl sites for hydroxylation is 1. The van der Waals surface area contributed by atoms with Crippen molar-refractivity contribution in [3.63, 3.8) is 0 Å². The molecule has 2 N–H and O–H groups in total. The van der Waals surface area contributed by atoms with E-state index in [1.807, 2.05) is 0 Å². The van der Waals surface area contributed by atoms with Crippen molar-refractivity contribution in [2.24, 2.45) is 11.8 Å². The average Bonchev–Trinajstić information content (AvgIpc) is 3.09. The van der Waals surface area contributed by atoms with Gasteiger partial charge in [-0.05, 0) is 31.6 Å². The molecule has 2 aliphatic rings. The number of hydrogen-bond acceptors (Lipinski definition) is 4. The van der Waals surface area contributed by atoms with Gasteiger partial charge < -0.3 is 19.7 Å². The Kier molecular flexibility index (Phi) is 3.57. The number of aromatic nitrogens is 1. The molecule has 1 aromatic rings. The highest BCUT2D eigenvalue weighted by Gasteiger charge is 2.49. The van der Waals surface area contributed by atoms with Crippen LogP contribution in [0.2, 0.25) is 0 Å². The van der Waals surface area contributed by atoms with E-state index < -0.39 is 12.0 Å². The van der Waals surface area contributed by atoms with Crippen LogP contribution in [0, 0.1) is 18.8 Å². The molecule has 1 saturated carbocycles. The first-order chi connectivity index (χ1) is 10.1. The van der Waals surface area contributed by atoms with Gasteiger partial charge in [-0.25, -0.2) is 14.6 Å². The fourth-order valence-electron chi connectivity index (χ4n) is 3.57. The first-order valence-corrected chi connectivity index (χ1v) is 7.25. The third-order valence-electron chi connectivity index (χ3n) is 4.46. The number of urea groups is 1. The Morgan fingerprint density at radius 3 is 3.00 bits per heavy atom.